The van der Waals surface area contributed by atoms with Crippen molar-refractivity contribution in [3.63, 3.8) is 0 Å². The fourth-order valence-electron chi connectivity index (χ4n) is 1.98. The first-order valence-electron chi connectivity index (χ1n) is 6.62. The normalized spacial score (nSPS) is 10.3. The van der Waals surface area contributed by atoms with Crippen molar-refractivity contribution in [1.29, 1.82) is 0 Å². The van der Waals surface area contributed by atoms with Gasteiger partial charge in [-0.2, -0.15) is 0 Å². The molecule has 0 aliphatic rings. The number of carbonyl (C=O) groups excluding carboxylic acids is 1. The maximum Gasteiger partial charge on any atom is 0.323 e. The van der Waals surface area contributed by atoms with Crippen LogP contribution in [-0.2, 0) is 4.79 Å². The molecule has 0 bridgehead atoms. The summed E-state index contributed by atoms with van der Waals surface area (Å²) in [5.41, 5.74) is 0.370. The summed E-state index contributed by atoms with van der Waals surface area (Å²) in [6.07, 6.45) is 0. The lowest BCUT2D eigenvalue weighted by atomic mass is 10.1. The van der Waals surface area contributed by atoms with Crippen LogP contribution in [-0.4, -0.2) is 49.2 Å². The highest BCUT2D eigenvalue weighted by molar-refractivity contribution is 5.96. The molecule has 1 amide bonds. The molecule has 0 unspecified atom stereocenters. The van der Waals surface area contributed by atoms with Crippen LogP contribution < -0.4 is 9.47 Å². The Morgan fingerprint density at radius 2 is 1.81 bits per heavy atom. The van der Waals surface area contributed by atoms with Gasteiger partial charge < -0.3 is 19.5 Å². The van der Waals surface area contributed by atoms with Crippen molar-refractivity contribution >= 4 is 11.9 Å². The van der Waals surface area contributed by atoms with Crippen LogP contribution in [0.4, 0.5) is 0 Å². The Morgan fingerprint density at radius 3 is 2.29 bits per heavy atom. The molecular formula is C15H21NO5. The van der Waals surface area contributed by atoms with Gasteiger partial charge >= 0.3 is 5.97 Å². The van der Waals surface area contributed by atoms with Crippen molar-refractivity contribution in [3.8, 4) is 11.5 Å². The highest BCUT2D eigenvalue weighted by Gasteiger charge is 2.20. The molecule has 0 saturated heterocycles. The Bertz CT molecular complexity index is 513. The quantitative estimate of drug-likeness (QED) is 0.831. The van der Waals surface area contributed by atoms with Gasteiger partial charge in [0.05, 0.1) is 14.2 Å². The first kappa shape index (κ1) is 16.8. The molecule has 0 aliphatic heterocycles. The fourth-order valence-corrected chi connectivity index (χ4v) is 1.98. The number of hydrogen-bond acceptors (Lipinski definition) is 4. The van der Waals surface area contributed by atoms with Crippen LogP contribution in [0.5, 0.6) is 11.5 Å². The third kappa shape index (κ3) is 4.66. The van der Waals surface area contributed by atoms with Gasteiger partial charge in [0.1, 0.15) is 6.54 Å². The van der Waals surface area contributed by atoms with Crippen molar-refractivity contribution in [2.75, 3.05) is 27.3 Å². The number of nitrogens with zero attached hydrogens (tertiary/aromatic N) is 1. The predicted molar refractivity (Wildman–Crippen MR) is 77.9 cm³/mol. The molecule has 0 aliphatic carbocycles. The molecule has 0 spiro atoms. The smallest absolute Gasteiger partial charge is 0.323 e. The lowest BCUT2D eigenvalue weighted by Crippen LogP contribution is -2.38. The van der Waals surface area contributed by atoms with Gasteiger partial charge in [0.25, 0.3) is 5.91 Å². The molecule has 0 atom stereocenters. The summed E-state index contributed by atoms with van der Waals surface area (Å²) in [5, 5.41) is 8.94. The molecule has 0 radical (unpaired) electrons. The van der Waals surface area contributed by atoms with Gasteiger partial charge in [-0.15, -0.1) is 0 Å². The second-order valence-corrected chi connectivity index (χ2v) is 5.04. The number of carboxylic acid groups (broad SMARTS) is 1. The van der Waals surface area contributed by atoms with E-state index in [-0.39, 0.29) is 18.4 Å². The Morgan fingerprint density at radius 1 is 1.19 bits per heavy atom. The molecule has 0 heterocycles. The number of carboxylic acids is 1. The summed E-state index contributed by atoms with van der Waals surface area (Å²) in [5.74, 6) is -0.254. The number of carbonyl (C=O) groups is 2. The molecule has 1 rings (SSSR count). The second kappa shape index (κ2) is 7.52. The van der Waals surface area contributed by atoms with Gasteiger partial charge in [-0.25, -0.2) is 0 Å². The Hall–Kier alpha value is -2.24. The number of amides is 1. The molecule has 0 fully saturated rings. The lowest BCUT2D eigenvalue weighted by Gasteiger charge is -2.23. The summed E-state index contributed by atoms with van der Waals surface area (Å²) >= 11 is 0. The number of rotatable bonds is 7. The summed E-state index contributed by atoms with van der Waals surface area (Å²) in [7, 11) is 2.99. The van der Waals surface area contributed by atoms with Crippen LogP contribution in [0.15, 0.2) is 18.2 Å². The molecule has 1 aromatic rings. The van der Waals surface area contributed by atoms with Crippen LogP contribution in [0.25, 0.3) is 0 Å². The van der Waals surface area contributed by atoms with E-state index in [1.165, 1.54) is 19.1 Å². The van der Waals surface area contributed by atoms with E-state index in [1.54, 1.807) is 18.2 Å². The molecule has 116 valence electrons. The summed E-state index contributed by atoms with van der Waals surface area (Å²) in [6.45, 7) is 3.90. The van der Waals surface area contributed by atoms with E-state index in [9.17, 15) is 9.59 Å². The minimum absolute atomic E-state index is 0.174. The first-order valence-corrected chi connectivity index (χ1v) is 6.62. The van der Waals surface area contributed by atoms with E-state index in [0.29, 0.717) is 23.6 Å². The van der Waals surface area contributed by atoms with Crippen molar-refractivity contribution in [2.24, 2.45) is 5.92 Å². The Kier molecular flexibility index (Phi) is 6.02. The molecule has 0 aromatic heterocycles. The molecular weight excluding hydrogens is 274 g/mol. The number of methoxy groups -OCH3 is 2. The summed E-state index contributed by atoms with van der Waals surface area (Å²) in [4.78, 5) is 24.7. The maximum absolute atomic E-state index is 12.4. The molecule has 6 nitrogen and oxygen atoms in total. The van der Waals surface area contributed by atoms with E-state index in [2.05, 4.69) is 0 Å². The van der Waals surface area contributed by atoms with Crippen LogP contribution >= 0.6 is 0 Å². The van der Waals surface area contributed by atoms with Gasteiger partial charge in [0.15, 0.2) is 11.5 Å². The zero-order chi connectivity index (χ0) is 16.0. The van der Waals surface area contributed by atoms with Crippen LogP contribution in [0, 0.1) is 5.92 Å². The molecule has 6 heteroatoms. The van der Waals surface area contributed by atoms with Gasteiger partial charge in [-0.3, -0.25) is 9.59 Å². The third-order valence-electron chi connectivity index (χ3n) is 2.83. The van der Waals surface area contributed by atoms with Crippen LogP contribution in [0.2, 0.25) is 0 Å². The van der Waals surface area contributed by atoms with Gasteiger partial charge in [-0.1, -0.05) is 13.8 Å². The number of hydrogen-bond donors (Lipinski definition) is 1. The van der Waals surface area contributed by atoms with E-state index in [0.717, 1.165) is 0 Å². The van der Waals surface area contributed by atoms with Crippen molar-refractivity contribution < 1.29 is 24.2 Å². The number of benzene rings is 1. The fraction of sp³-hybridized carbons (Fsp3) is 0.467. The average molecular weight is 295 g/mol. The van der Waals surface area contributed by atoms with E-state index >= 15 is 0 Å². The predicted octanol–water partition coefficient (Wildman–Crippen LogP) is 1.89. The van der Waals surface area contributed by atoms with E-state index in [1.807, 2.05) is 13.8 Å². The number of ether oxygens (including phenoxy) is 2. The topological polar surface area (TPSA) is 76.1 Å². The zero-order valence-corrected chi connectivity index (χ0v) is 12.8. The minimum atomic E-state index is -1.04. The van der Waals surface area contributed by atoms with Crippen molar-refractivity contribution in [3.05, 3.63) is 23.8 Å². The first-order chi connectivity index (χ1) is 9.88. The molecule has 21 heavy (non-hydrogen) atoms. The Balaban J connectivity index is 3.04. The van der Waals surface area contributed by atoms with Gasteiger partial charge in [0.2, 0.25) is 0 Å². The van der Waals surface area contributed by atoms with Gasteiger partial charge in [0, 0.05) is 12.1 Å². The highest BCUT2D eigenvalue weighted by atomic mass is 16.5. The molecule has 1 aromatic carbocycles. The van der Waals surface area contributed by atoms with Crippen LogP contribution in [0.1, 0.15) is 24.2 Å². The second-order valence-electron chi connectivity index (χ2n) is 5.04. The standard InChI is InChI=1S/C15H21NO5/c1-10(2)8-16(9-14(17)18)15(19)11-5-6-12(20-3)13(7-11)21-4/h5-7,10H,8-9H2,1-4H3,(H,17,18). The summed E-state index contributed by atoms with van der Waals surface area (Å²) < 4.78 is 10.3. The van der Waals surface area contributed by atoms with E-state index in [4.69, 9.17) is 14.6 Å². The third-order valence-corrected chi connectivity index (χ3v) is 2.83. The monoisotopic (exact) mass is 295 g/mol. The van der Waals surface area contributed by atoms with Crippen molar-refractivity contribution in [2.45, 2.75) is 13.8 Å². The lowest BCUT2D eigenvalue weighted by molar-refractivity contribution is -0.137. The largest absolute Gasteiger partial charge is 0.493 e. The molecule has 1 N–H and O–H groups in total. The van der Waals surface area contributed by atoms with Crippen LogP contribution in [0.3, 0.4) is 0 Å². The highest BCUT2D eigenvalue weighted by Crippen LogP contribution is 2.28. The Labute approximate surface area is 124 Å². The van der Waals surface area contributed by atoms with Gasteiger partial charge in [-0.05, 0) is 24.1 Å². The van der Waals surface area contributed by atoms with Crippen molar-refractivity contribution in [1.82, 2.24) is 4.90 Å². The minimum Gasteiger partial charge on any atom is -0.493 e. The van der Waals surface area contributed by atoms with E-state index < -0.39 is 5.97 Å². The zero-order valence-electron chi connectivity index (χ0n) is 12.8. The summed E-state index contributed by atoms with van der Waals surface area (Å²) in [6, 6.07) is 4.77. The molecule has 0 saturated carbocycles. The number of aliphatic carboxylic acids is 1. The average Bonchev–Trinajstić information content (AvgIpc) is 2.44. The maximum atomic E-state index is 12.4. The SMILES string of the molecule is COc1ccc(C(=O)N(CC(=O)O)CC(C)C)cc1OC.